The first-order chi connectivity index (χ1) is 9.41. The number of hydrogen-bond acceptors (Lipinski definition) is 5. The van der Waals surface area contributed by atoms with E-state index in [9.17, 15) is 9.90 Å². The first kappa shape index (κ1) is 17.1. The molecule has 0 saturated carbocycles. The number of aliphatic hydroxyl groups excluding tert-OH is 1. The summed E-state index contributed by atoms with van der Waals surface area (Å²) in [5.74, 6) is -0.778. The van der Waals surface area contributed by atoms with Gasteiger partial charge in [0.1, 0.15) is 12.2 Å². The third-order valence-corrected chi connectivity index (χ3v) is 3.29. The van der Waals surface area contributed by atoms with E-state index < -0.39 is 5.79 Å². The van der Waals surface area contributed by atoms with E-state index in [1.807, 2.05) is 26.0 Å². The molecular weight excluding hydrogens is 260 g/mol. The molecule has 1 heterocycles. The van der Waals surface area contributed by atoms with Crippen LogP contribution in [0.2, 0.25) is 0 Å². The van der Waals surface area contributed by atoms with Gasteiger partial charge in [-0.2, -0.15) is 0 Å². The molecule has 5 nitrogen and oxygen atoms in total. The predicted octanol–water partition coefficient (Wildman–Crippen LogP) is 2.03. The standard InChI is InChI=1S/C15H26O5/c1-5-6-11(9-14(17)18-4)7-8-12-13(10-16)20-15(2,3)19-12/h7-8,11-13,16H,5-6,9-10H2,1-4H3/b8-7+. The van der Waals surface area contributed by atoms with Gasteiger partial charge >= 0.3 is 5.97 Å². The molecule has 0 bridgehead atoms. The van der Waals surface area contributed by atoms with E-state index in [0.29, 0.717) is 6.42 Å². The quantitative estimate of drug-likeness (QED) is 0.573. The highest BCUT2D eigenvalue weighted by Gasteiger charge is 2.39. The van der Waals surface area contributed by atoms with Crippen molar-refractivity contribution in [2.75, 3.05) is 13.7 Å². The minimum atomic E-state index is -0.689. The second-order valence-electron chi connectivity index (χ2n) is 5.54. The maximum atomic E-state index is 11.4. The summed E-state index contributed by atoms with van der Waals surface area (Å²) in [6, 6.07) is 0. The molecule has 5 heteroatoms. The molecule has 0 aromatic rings. The third-order valence-electron chi connectivity index (χ3n) is 3.29. The van der Waals surface area contributed by atoms with Gasteiger partial charge in [0.2, 0.25) is 0 Å². The fraction of sp³-hybridized carbons (Fsp3) is 0.800. The molecular formula is C15H26O5. The number of esters is 1. The lowest BCUT2D eigenvalue weighted by molar-refractivity contribution is -0.146. The van der Waals surface area contributed by atoms with Crippen LogP contribution < -0.4 is 0 Å². The molecule has 1 saturated heterocycles. The molecule has 1 rings (SSSR count). The monoisotopic (exact) mass is 286 g/mol. The highest BCUT2D eigenvalue weighted by atomic mass is 16.8. The maximum absolute atomic E-state index is 11.4. The molecule has 1 fully saturated rings. The summed E-state index contributed by atoms with van der Waals surface area (Å²) in [7, 11) is 1.40. The van der Waals surface area contributed by atoms with Gasteiger partial charge in [-0.05, 0) is 26.2 Å². The highest BCUT2D eigenvalue weighted by molar-refractivity contribution is 5.69. The minimum Gasteiger partial charge on any atom is -0.469 e. The summed E-state index contributed by atoms with van der Waals surface area (Å²) in [4.78, 5) is 11.4. The zero-order valence-electron chi connectivity index (χ0n) is 12.8. The summed E-state index contributed by atoms with van der Waals surface area (Å²) in [5, 5.41) is 9.31. The Morgan fingerprint density at radius 3 is 2.70 bits per heavy atom. The van der Waals surface area contributed by atoms with Crippen LogP contribution in [0, 0.1) is 5.92 Å². The highest BCUT2D eigenvalue weighted by Crippen LogP contribution is 2.29. The average Bonchev–Trinajstić information content (AvgIpc) is 2.70. The molecule has 0 spiro atoms. The van der Waals surface area contributed by atoms with Gasteiger partial charge in [-0.15, -0.1) is 0 Å². The second-order valence-corrected chi connectivity index (χ2v) is 5.54. The number of carbonyl (C=O) groups is 1. The topological polar surface area (TPSA) is 65.0 Å². The Bertz CT molecular complexity index is 337. The Morgan fingerprint density at radius 2 is 2.15 bits per heavy atom. The van der Waals surface area contributed by atoms with Crippen molar-refractivity contribution in [3.8, 4) is 0 Å². The van der Waals surface area contributed by atoms with Crippen LogP contribution in [0.4, 0.5) is 0 Å². The van der Waals surface area contributed by atoms with Gasteiger partial charge in [-0.1, -0.05) is 25.5 Å². The predicted molar refractivity (Wildman–Crippen MR) is 75.1 cm³/mol. The fourth-order valence-corrected chi connectivity index (χ4v) is 2.37. The smallest absolute Gasteiger partial charge is 0.306 e. The molecule has 20 heavy (non-hydrogen) atoms. The molecule has 3 atom stereocenters. The number of hydrogen-bond donors (Lipinski definition) is 1. The van der Waals surface area contributed by atoms with E-state index in [4.69, 9.17) is 14.2 Å². The SMILES string of the molecule is CCCC(/C=C/C1OC(C)(C)OC1CO)CC(=O)OC. The van der Waals surface area contributed by atoms with Crippen molar-refractivity contribution in [2.45, 2.75) is 58.0 Å². The van der Waals surface area contributed by atoms with Gasteiger partial charge in [-0.25, -0.2) is 0 Å². The number of carbonyl (C=O) groups excluding carboxylic acids is 1. The summed E-state index contributed by atoms with van der Waals surface area (Å²) >= 11 is 0. The molecule has 0 aliphatic carbocycles. The lowest BCUT2D eigenvalue weighted by atomic mass is 9.98. The normalized spacial score (nSPS) is 26.9. The first-order valence-electron chi connectivity index (χ1n) is 7.13. The zero-order chi connectivity index (χ0) is 15.2. The molecule has 0 aromatic carbocycles. The number of methoxy groups -OCH3 is 1. The van der Waals surface area contributed by atoms with Gasteiger partial charge in [0.15, 0.2) is 5.79 Å². The number of allylic oxidation sites excluding steroid dienone is 1. The van der Waals surface area contributed by atoms with Crippen LogP contribution in [0.3, 0.4) is 0 Å². The van der Waals surface area contributed by atoms with Crippen LogP contribution >= 0.6 is 0 Å². The molecule has 1 aliphatic rings. The number of aliphatic hydroxyl groups is 1. The van der Waals surface area contributed by atoms with Crippen molar-refractivity contribution in [3.05, 3.63) is 12.2 Å². The Kier molecular flexibility index (Phi) is 6.65. The average molecular weight is 286 g/mol. The Labute approximate surface area is 120 Å². The summed E-state index contributed by atoms with van der Waals surface area (Å²) in [6.45, 7) is 5.63. The van der Waals surface area contributed by atoms with E-state index in [1.165, 1.54) is 7.11 Å². The van der Waals surface area contributed by atoms with Crippen LogP contribution in [-0.4, -0.2) is 42.8 Å². The maximum Gasteiger partial charge on any atom is 0.306 e. The lowest BCUT2D eigenvalue weighted by Gasteiger charge is -2.16. The van der Waals surface area contributed by atoms with Crippen LogP contribution in [0.25, 0.3) is 0 Å². The Morgan fingerprint density at radius 1 is 1.45 bits per heavy atom. The van der Waals surface area contributed by atoms with Gasteiger partial charge in [-0.3, -0.25) is 4.79 Å². The van der Waals surface area contributed by atoms with Crippen LogP contribution in [0.1, 0.15) is 40.0 Å². The number of rotatable bonds is 7. The molecule has 1 aliphatic heterocycles. The van der Waals surface area contributed by atoms with Crippen molar-refractivity contribution >= 4 is 5.97 Å². The van der Waals surface area contributed by atoms with E-state index in [-0.39, 0.29) is 30.7 Å². The molecule has 1 N–H and O–H groups in total. The summed E-state index contributed by atoms with van der Waals surface area (Å²) in [5.41, 5.74) is 0. The van der Waals surface area contributed by atoms with Crippen molar-refractivity contribution in [1.82, 2.24) is 0 Å². The van der Waals surface area contributed by atoms with Crippen molar-refractivity contribution in [3.63, 3.8) is 0 Å². The van der Waals surface area contributed by atoms with Gasteiger partial charge in [0, 0.05) is 0 Å². The molecule has 116 valence electrons. The molecule has 3 unspecified atom stereocenters. The van der Waals surface area contributed by atoms with Crippen molar-refractivity contribution in [2.24, 2.45) is 5.92 Å². The Balaban J connectivity index is 2.64. The van der Waals surface area contributed by atoms with E-state index >= 15 is 0 Å². The van der Waals surface area contributed by atoms with E-state index in [1.54, 1.807) is 0 Å². The summed E-state index contributed by atoms with van der Waals surface area (Å²) < 4.78 is 16.0. The Hall–Kier alpha value is -0.910. The van der Waals surface area contributed by atoms with Crippen molar-refractivity contribution in [1.29, 1.82) is 0 Å². The van der Waals surface area contributed by atoms with Crippen molar-refractivity contribution < 1.29 is 24.1 Å². The van der Waals surface area contributed by atoms with Crippen LogP contribution in [0.5, 0.6) is 0 Å². The fourth-order valence-electron chi connectivity index (χ4n) is 2.37. The zero-order valence-corrected chi connectivity index (χ0v) is 12.8. The second kappa shape index (κ2) is 7.76. The van der Waals surface area contributed by atoms with E-state index in [0.717, 1.165) is 12.8 Å². The van der Waals surface area contributed by atoms with Crippen LogP contribution in [-0.2, 0) is 19.0 Å². The lowest BCUT2D eigenvalue weighted by Crippen LogP contribution is -2.25. The molecule has 0 aromatic heterocycles. The number of ether oxygens (including phenoxy) is 3. The van der Waals surface area contributed by atoms with Crippen LogP contribution in [0.15, 0.2) is 12.2 Å². The summed E-state index contributed by atoms with van der Waals surface area (Å²) in [6.07, 6.45) is 5.47. The first-order valence-corrected chi connectivity index (χ1v) is 7.13. The largest absolute Gasteiger partial charge is 0.469 e. The van der Waals surface area contributed by atoms with Gasteiger partial charge in [0.25, 0.3) is 0 Å². The van der Waals surface area contributed by atoms with E-state index in [2.05, 4.69) is 6.92 Å². The minimum absolute atomic E-state index is 0.0894. The van der Waals surface area contributed by atoms with Gasteiger partial charge < -0.3 is 19.3 Å². The van der Waals surface area contributed by atoms with Gasteiger partial charge in [0.05, 0.1) is 20.1 Å². The third kappa shape index (κ3) is 5.23. The molecule has 0 amide bonds. The molecule has 0 radical (unpaired) electrons.